The molecule has 20 heavy (non-hydrogen) atoms. The van der Waals surface area contributed by atoms with Crippen molar-refractivity contribution in [3.05, 3.63) is 46.7 Å². The minimum atomic E-state index is -0.0393. The normalized spacial score (nSPS) is 12.4. The van der Waals surface area contributed by atoms with Gasteiger partial charge in [0.1, 0.15) is 12.4 Å². The van der Waals surface area contributed by atoms with Gasteiger partial charge in [-0.05, 0) is 19.1 Å². The third-order valence-electron chi connectivity index (χ3n) is 3.13. The first-order valence-electron chi connectivity index (χ1n) is 6.43. The molecule has 0 saturated heterocycles. The van der Waals surface area contributed by atoms with Crippen LogP contribution in [0, 0.1) is 6.92 Å². The third-order valence-corrected chi connectivity index (χ3v) is 3.62. The summed E-state index contributed by atoms with van der Waals surface area (Å²) in [7, 11) is 1.87. The lowest BCUT2D eigenvalue weighted by atomic mass is 10.1. The predicted molar refractivity (Wildman–Crippen MR) is 79.7 cm³/mol. The number of ether oxygens (including phenoxy) is 1. The van der Waals surface area contributed by atoms with Crippen LogP contribution in [0.4, 0.5) is 0 Å². The van der Waals surface area contributed by atoms with E-state index in [9.17, 15) is 0 Å². The van der Waals surface area contributed by atoms with Crippen molar-refractivity contribution in [2.24, 2.45) is 12.9 Å². The summed E-state index contributed by atoms with van der Waals surface area (Å²) in [5, 5.41) is 4.98. The van der Waals surface area contributed by atoms with Gasteiger partial charge in [-0.3, -0.25) is 16.0 Å². The molecule has 0 saturated carbocycles. The van der Waals surface area contributed by atoms with Crippen molar-refractivity contribution in [1.82, 2.24) is 15.2 Å². The van der Waals surface area contributed by atoms with Crippen LogP contribution in [0.5, 0.6) is 5.75 Å². The second-order valence-electron chi connectivity index (χ2n) is 4.66. The van der Waals surface area contributed by atoms with Gasteiger partial charge in [-0.1, -0.05) is 29.8 Å². The summed E-state index contributed by atoms with van der Waals surface area (Å²) in [6, 6.07) is 9.60. The van der Waals surface area contributed by atoms with Gasteiger partial charge in [-0.25, -0.2) is 0 Å². The number of hydrogen-bond acceptors (Lipinski definition) is 4. The molecule has 0 amide bonds. The van der Waals surface area contributed by atoms with E-state index in [0.717, 1.165) is 17.1 Å². The van der Waals surface area contributed by atoms with Crippen molar-refractivity contribution >= 4 is 11.6 Å². The Bertz CT molecular complexity index is 556. The number of nitrogens with zero attached hydrogens (tertiary/aromatic N) is 2. The molecule has 0 spiro atoms. The number of benzene rings is 1. The second kappa shape index (κ2) is 6.74. The van der Waals surface area contributed by atoms with Crippen LogP contribution in [0.15, 0.2) is 30.3 Å². The molecule has 108 valence electrons. The molecule has 1 heterocycles. The van der Waals surface area contributed by atoms with Gasteiger partial charge < -0.3 is 4.74 Å². The van der Waals surface area contributed by atoms with E-state index in [1.54, 1.807) is 4.68 Å². The third kappa shape index (κ3) is 3.50. The zero-order valence-electron chi connectivity index (χ0n) is 11.6. The molecule has 2 rings (SSSR count). The standard InChI is InChI=1S/C14H19ClN4O/c1-10-14(15)13(19(2)18-10)8-11(17-16)9-20-12-6-4-3-5-7-12/h3-7,11,17H,8-9,16H2,1-2H3. The zero-order valence-corrected chi connectivity index (χ0v) is 12.4. The van der Waals surface area contributed by atoms with E-state index in [1.165, 1.54) is 0 Å². The van der Waals surface area contributed by atoms with Gasteiger partial charge in [0.25, 0.3) is 0 Å². The Balaban J connectivity index is 1.99. The quantitative estimate of drug-likeness (QED) is 0.630. The lowest BCUT2D eigenvalue weighted by Crippen LogP contribution is -2.41. The van der Waals surface area contributed by atoms with Gasteiger partial charge in [-0.2, -0.15) is 5.10 Å². The van der Waals surface area contributed by atoms with E-state index in [0.29, 0.717) is 18.1 Å². The molecule has 1 aromatic heterocycles. The average molecular weight is 295 g/mol. The molecule has 0 bridgehead atoms. The molecule has 0 aliphatic carbocycles. The van der Waals surface area contributed by atoms with Crippen molar-refractivity contribution in [1.29, 1.82) is 0 Å². The van der Waals surface area contributed by atoms with Gasteiger partial charge in [0.2, 0.25) is 0 Å². The highest BCUT2D eigenvalue weighted by atomic mass is 35.5. The van der Waals surface area contributed by atoms with Crippen LogP contribution in [0.2, 0.25) is 5.02 Å². The first kappa shape index (κ1) is 14.8. The first-order chi connectivity index (χ1) is 9.61. The highest BCUT2D eigenvalue weighted by Gasteiger charge is 2.16. The van der Waals surface area contributed by atoms with Crippen LogP contribution in [0.25, 0.3) is 0 Å². The van der Waals surface area contributed by atoms with Gasteiger partial charge in [0, 0.05) is 13.5 Å². The van der Waals surface area contributed by atoms with E-state index in [4.69, 9.17) is 22.2 Å². The highest BCUT2D eigenvalue weighted by Crippen LogP contribution is 2.21. The van der Waals surface area contributed by atoms with Crippen LogP contribution in [0.1, 0.15) is 11.4 Å². The number of aromatic nitrogens is 2. The second-order valence-corrected chi connectivity index (χ2v) is 5.04. The summed E-state index contributed by atoms with van der Waals surface area (Å²) in [6.45, 7) is 2.35. The number of hydrazine groups is 1. The van der Waals surface area contributed by atoms with Gasteiger partial charge in [-0.15, -0.1) is 0 Å². The summed E-state index contributed by atoms with van der Waals surface area (Å²) in [4.78, 5) is 0. The lowest BCUT2D eigenvalue weighted by Gasteiger charge is -2.17. The molecule has 6 heteroatoms. The molecule has 1 aromatic carbocycles. The number of aryl methyl sites for hydroxylation is 2. The molecule has 3 N–H and O–H groups in total. The number of hydrogen-bond donors (Lipinski definition) is 2. The predicted octanol–water partition coefficient (Wildman–Crippen LogP) is 1.84. The Morgan fingerprint density at radius 1 is 1.40 bits per heavy atom. The smallest absolute Gasteiger partial charge is 0.119 e. The van der Waals surface area contributed by atoms with Crippen molar-refractivity contribution in [3.63, 3.8) is 0 Å². The number of nitrogens with one attached hydrogen (secondary N) is 1. The zero-order chi connectivity index (χ0) is 14.5. The maximum atomic E-state index is 6.24. The fourth-order valence-corrected chi connectivity index (χ4v) is 2.25. The molecule has 0 aliphatic rings. The van der Waals surface area contributed by atoms with Crippen LogP contribution < -0.4 is 16.0 Å². The summed E-state index contributed by atoms with van der Waals surface area (Å²) in [5.41, 5.74) is 4.53. The number of rotatable bonds is 6. The Hall–Kier alpha value is -1.56. The van der Waals surface area contributed by atoms with E-state index in [2.05, 4.69) is 10.5 Å². The molecule has 2 aromatic rings. The van der Waals surface area contributed by atoms with Crippen molar-refractivity contribution in [3.8, 4) is 5.75 Å². The van der Waals surface area contributed by atoms with E-state index >= 15 is 0 Å². The summed E-state index contributed by atoms with van der Waals surface area (Å²) in [5.74, 6) is 6.41. The molecule has 1 unspecified atom stereocenters. The van der Waals surface area contributed by atoms with Crippen LogP contribution in [0.3, 0.4) is 0 Å². The monoisotopic (exact) mass is 294 g/mol. The van der Waals surface area contributed by atoms with E-state index < -0.39 is 0 Å². The number of halogens is 1. The van der Waals surface area contributed by atoms with E-state index in [1.807, 2.05) is 44.3 Å². The summed E-state index contributed by atoms with van der Waals surface area (Å²) in [6.07, 6.45) is 0.652. The minimum absolute atomic E-state index is 0.0393. The van der Waals surface area contributed by atoms with Gasteiger partial charge in [0.05, 0.1) is 22.5 Å². The average Bonchev–Trinajstić information content (AvgIpc) is 2.70. The topological polar surface area (TPSA) is 65.1 Å². The summed E-state index contributed by atoms with van der Waals surface area (Å²) < 4.78 is 7.48. The molecule has 0 fully saturated rings. The largest absolute Gasteiger partial charge is 0.492 e. The SMILES string of the molecule is Cc1nn(C)c(CC(COc2ccccc2)NN)c1Cl. The Morgan fingerprint density at radius 2 is 2.10 bits per heavy atom. The highest BCUT2D eigenvalue weighted by molar-refractivity contribution is 6.31. The number of para-hydroxylation sites is 1. The lowest BCUT2D eigenvalue weighted by molar-refractivity contribution is 0.262. The van der Waals surface area contributed by atoms with Crippen molar-refractivity contribution in [2.75, 3.05) is 6.61 Å². The molecule has 1 atom stereocenters. The van der Waals surface area contributed by atoms with Crippen LogP contribution >= 0.6 is 11.6 Å². The Labute approximate surface area is 123 Å². The molecule has 0 radical (unpaired) electrons. The van der Waals surface area contributed by atoms with Crippen LogP contribution in [-0.2, 0) is 13.5 Å². The molecule has 0 aliphatic heterocycles. The maximum Gasteiger partial charge on any atom is 0.119 e. The first-order valence-corrected chi connectivity index (χ1v) is 6.81. The fourth-order valence-electron chi connectivity index (χ4n) is 2.01. The number of nitrogens with two attached hydrogens (primary N) is 1. The molecular formula is C14H19ClN4O. The van der Waals surface area contributed by atoms with Gasteiger partial charge in [0.15, 0.2) is 0 Å². The minimum Gasteiger partial charge on any atom is -0.492 e. The van der Waals surface area contributed by atoms with Crippen molar-refractivity contribution in [2.45, 2.75) is 19.4 Å². The maximum absolute atomic E-state index is 6.24. The van der Waals surface area contributed by atoms with E-state index in [-0.39, 0.29) is 6.04 Å². The molecular weight excluding hydrogens is 276 g/mol. The Morgan fingerprint density at radius 3 is 2.65 bits per heavy atom. The van der Waals surface area contributed by atoms with Gasteiger partial charge >= 0.3 is 0 Å². The fraction of sp³-hybridized carbons (Fsp3) is 0.357. The summed E-state index contributed by atoms with van der Waals surface area (Å²) >= 11 is 6.24. The van der Waals surface area contributed by atoms with Crippen molar-refractivity contribution < 1.29 is 4.74 Å². The Kier molecular flexibility index (Phi) is 5.00. The van der Waals surface area contributed by atoms with Crippen LogP contribution in [-0.4, -0.2) is 22.4 Å². The molecule has 5 nitrogen and oxygen atoms in total.